The number of hydrogen-bond acceptors (Lipinski definition) is 1. The first kappa shape index (κ1) is 18.8. The molecule has 0 aliphatic heterocycles. The van der Waals surface area contributed by atoms with E-state index in [2.05, 4.69) is 56.9 Å². The molecule has 0 radical (unpaired) electrons. The molecule has 3 aromatic carbocycles. The van der Waals surface area contributed by atoms with Crippen LogP contribution in [0.25, 0.3) is 0 Å². The summed E-state index contributed by atoms with van der Waals surface area (Å²) in [6.45, 7) is 2.03. The van der Waals surface area contributed by atoms with Gasteiger partial charge in [0.1, 0.15) is 0 Å². The molecular formula is C24H23BrN2O. The minimum Gasteiger partial charge on any atom is -0.331 e. The molecule has 0 spiro atoms. The fourth-order valence-electron chi connectivity index (χ4n) is 3.76. The lowest BCUT2D eigenvalue weighted by molar-refractivity contribution is 0.247. The van der Waals surface area contributed by atoms with Gasteiger partial charge in [0.05, 0.1) is 6.04 Å². The highest BCUT2D eigenvalue weighted by atomic mass is 79.9. The number of urea groups is 1. The van der Waals surface area contributed by atoms with Crippen LogP contribution in [-0.4, -0.2) is 6.03 Å². The van der Waals surface area contributed by atoms with Crippen molar-refractivity contribution in [3.63, 3.8) is 0 Å². The molecule has 142 valence electrons. The number of nitrogens with one attached hydrogen (secondary N) is 2. The SMILES string of the molecule is Cc1ccc(NC(=O)NC(c2ccccc2)C2CC2c2ccccc2Br)cc1. The van der Waals surface area contributed by atoms with Crippen molar-refractivity contribution in [3.8, 4) is 0 Å². The Morgan fingerprint density at radius 1 is 0.964 bits per heavy atom. The van der Waals surface area contributed by atoms with Crippen LogP contribution < -0.4 is 10.6 Å². The number of hydrogen-bond donors (Lipinski definition) is 2. The highest BCUT2D eigenvalue weighted by Crippen LogP contribution is 2.55. The van der Waals surface area contributed by atoms with Crippen molar-refractivity contribution in [2.75, 3.05) is 5.32 Å². The maximum atomic E-state index is 12.7. The minimum absolute atomic E-state index is 0.0243. The van der Waals surface area contributed by atoms with E-state index in [-0.39, 0.29) is 12.1 Å². The topological polar surface area (TPSA) is 41.1 Å². The van der Waals surface area contributed by atoms with Gasteiger partial charge in [0.25, 0.3) is 0 Å². The predicted molar refractivity (Wildman–Crippen MR) is 118 cm³/mol. The molecule has 3 nitrogen and oxygen atoms in total. The third kappa shape index (κ3) is 4.28. The Morgan fingerprint density at radius 2 is 1.64 bits per heavy atom. The first-order valence-corrected chi connectivity index (χ1v) is 10.3. The molecule has 0 saturated heterocycles. The molecule has 3 unspecified atom stereocenters. The molecule has 3 atom stereocenters. The maximum absolute atomic E-state index is 12.7. The zero-order valence-electron chi connectivity index (χ0n) is 15.7. The summed E-state index contributed by atoms with van der Waals surface area (Å²) in [6, 6.07) is 26.2. The van der Waals surface area contributed by atoms with Crippen LogP contribution in [0.1, 0.15) is 35.1 Å². The molecule has 4 rings (SSSR count). The number of amides is 2. The maximum Gasteiger partial charge on any atom is 0.319 e. The molecule has 0 aromatic heterocycles. The number of benzene rings is 3. The van der Waals surface area contributed by atoms with Crippen molar-refractivity contribution in [2.24, 2.45) is 5.92 Å². The van der Waals surface area contributed by atoms with E-state index in [1.165, 1.54) is 11.1 Å². The Morgan fingerprint density at radius 3 is 2.36 bits per heavy atom. The van der Waals surface area contributed by atoms with Gasteiger partial charge >= 0.3 is 6.03 Å². The Bertz CT molecular complexity index is 956. The van der Waals surface area contributed by atoms with Crippen molar-refractivity contribution in [1.29, 1.82) is 0 Å². The Labute approximate surface area is 174 Å². The van der Waals surface area contributed by atoms with E-state index in [9.17, 15) is 4.79 Å². The Kier molecular flexibility index (Phi) is 5.49. The number of halogens is 1. The monoisotopic (exact) mass is 434 g/mol. The quantitative estimate of drug-likeness (QED) is 0.477. The number of aryl methyl sites for hydroxylation is 1. The lowest BCUT2D eigenvalue weighted by Crippen LogP contribution is -2.34. The van der Waals surface area contributed by atoms with E-state index >= 15 is 0 Å². The summed E-state index contributed by atoms with van der Waals surface area (Å²) in [5, 5.41) is 6.17. The lowest BCUT2D eigenvalue weighted by atomic mass is 9.99. The van der Waals surface area contributed by atoms with E-state index in [1.54, 1.807) is 0 Å². The minimum atomic E-state index is -0.171. The van der Waals surface area contributed by atoms with E-state index in [1.807, 2.05) is 55.5 Å². The van der Waals surface area contributed by atoms with Gasteiger partial charge in [-0.15, -0.1) is 0 Å². The first-order valence-electron chi connectivity index (χ1n) is 9.55. The van der Waals surface area contributed by atoms with E-state index < -0.39 is 0 Å². The van der Waals surface area contributed by atoms with Crippen molar-refractivity contribution in [1.82, 2.24) is 5.32 Å². The summed E-state index contributed by atoms with van der Waals surface area (Å²) < 4.78 is 1.14. The number of rotatable bonds is 5. The van der Waals surface area contributed by atoms with Crippen LogP contribution in [0.4, 0.5) is 10.5 Å². The molecule has 4 heteroatoms. The molecule has 2 amide bonds. The van der Waals surface area contributed by atoms with Gasteiger partial charge < -0.3 is 10.6 Å². The predicted octanol–water partition coefficient (Wildman–Crippen LogP) is 6.42. The zero-order chi connectivity index (χ0) is 19.5. The number of carbonyl (C=O) groups is 1. The summed E-state index contributed by atoms with van der Waals surface area (Å²) in [4.78, 5) is 12.7. The van der Waals surface area contributed by atoms with Gasteiger partial charge in [-0.2, -0.15) is 0 Å². The molecule has 1 saturated carbocycles. The van der Waals surface area contributed by atoms with Gasteiger partial charge in [-0.1, -0.05) is 82.2 Å². The van der Waals surface area contributed by atoms with E-state index in [4.69, 9.17) is 0 Å². The van der Waals surface area contributed by atoms with Crippen LogP contribution in [0.15, 0.2) is 83.3 Å². The van der Waals surface area contributed by atoms with Crippen molar-refractivity contribution < 1.29 is 4.79 Å². The molecule has 2 N–H and O–H groups in total. The van der Waals surface area contributed by atoms with Crippen LogP contribution >= 0.6 is 15.9 Å². The Hall–Kier alpha value is -2.59. The summed E-state index contributed by atoms with van der Waals surface area (Å²) in [7, 11) is 0. The van der Waals surface area contributed by atoms with Gasteiger partial charge in [0, 0.05) is 10.2 Å². The molecular weight excluding hydrogens is 412 g/mol. The molecule has 1 fully saturated rings. The lowest BCUT2D eigenvalue weighted by Gasteiger charge is -2.20. The van der Waals surface area contributed by atoms with Crippen molar-refractivity contribution >= 4 is 27.6 Å². The third-order valence-corrected chi connectivity index (χ3v) is 6.05. The summed E-state index contributed by atoms with van der Waals surface area (Å²) >= 11 is 3.67. The molecule has 28 heavy (non-hydrogen) atoms. The molecule has 0 heterocycles. The first-order chi connectivity index (χ1) is 13.6. The third-order valence-electron chi connectivity index (χ3n) is 5.33. The average Bonchev–Trinajstić information content (AvgIpc) is 3.49. The second-order valence-electron chi connectivity index (χ2n) is 7.38. The van der Waals surface area contributed by atoms with Gasteiger partial charge in [-0.25, -0.2) is 4.79 Å². The molecule has 1 aliphatic carbocycles. The molecule has 0 bridgehead atoms. The van der Waals surface area contributed by atoms with Gasteiger partial charge in [0.15, 0.2) is 0 Å². The van der Waals surface area contributed by atoms with Gasteiger partial charge in [-0.05, 0) is 54.5 Å². The van der Waals surface area contributed by atoms with Crippen LogP contribution in [0.5, 0.6) is 0 Å². The second-order valence-corrected chi connectivity index (χ2v) is 8.23. The van der Waals surface area contributed by atoms with Crippen LogP contribution in [0, 0.1) is 12.8 Å². The smallest absolute Gasteiger partial charge is 0.319 e. The van der Waals surface area contributed by atoms with Gasteiger partial charge in [-0.3, -0.25) is 0 Å². The molecule has 3 aromatic rings. The van der Waals surface area contributed by atoms with Gasteiger partial charge in [0.2, 0.25) is 0 Å². The van der Waals surface area contributed by atoms with Crippen LogP contribution in [0.3, 0.4) is 0 Å². The van der Waals surface area contributed by atoms with Crippen LogP contribution in [0.2, 0.25) is 0 Å². The zero-order valence-corrected chi connectivity index (χ0v) is 17.3. The highest BCUT2D eigenvalue weighted by Gasteiger charge is 2.45. The van der Waals surface area contributed by atoms with E-state index in [0.29, 0.717) is 11.8 Å². The number of carbonyl (C=O) groups excluding carboxylic acids is 1. The van der Waals surface area contributed by atoms with E-state index in [0.717, 1.165) is 22.1 Å². The fraction of sp³-hybridized carbons (Fsp3) is 0.208. The second kappa shape index (κ2) is 8.19. The van der Waals surface area contributed by atoms with Crippen molar-refractivity contribution in [2.45, 2.75) is 25.3 Å². The summed E-state index contributed by atoms with van der Waals surface area (Å²) in [5.41, 5.74) is 4.42. The average molecular weight is 435 g/mol. The normalized spacial score (nSPS) is 18.9. The number of anilines is 1. The fourth-order valence-corrected chi connectivity index (χ4v) is 4.34. The molecule has 1 aliphatic rings. The Balaban J connectivity index is 1.51. The summed E-state index contributed by atoms with van der Waals surface area (Å²) in [6.07, 6.45) is 1.06. The standard InChI is InChI=1S/C24H23BrN2O/c1-16-11-13-18(14-12-16)26-24(28)27-23(17-7-3-2-4-8-17)21-15-20(21)19-9-5-6-10-22(19)25/h2-14,20-21,23H,15H2,1H3,(H2,26,27,28). The summed E-state index contributed by atoms with van der Waals surface area (Å²) in [5.74, 6) is 0.824. The largest absolute Gasteiger partial charge is 0.331 e. The highest BCUT2D eigenvalue weighted by molar-refractivity contribution is 9.10. The van der Waals surface area contributed by atoms with Crippen LogP contribution in [-0.2, 0) is 0 Å². The van der Waals surface area contributed by atoms with Crippen molar-refractivity contribution in [3.05, 3.63) is 100 Å².